The van der Waals surface area contributed by atoms with Crippen LogP contribution in [-0.2, 0) is 13.0 Å². The Labute approximate surface area is 113 Å². The quantitative estimate of drug-likeness (QED) is 0.863. The van der Waals surface area contributed by atoms with Gasteiger partial charge in [0.2, 0.25) is 0 Å². The molecule has 0 unspecified atom stereocenters. The summed E-state index contributed by atoms with van der Waals surface area (Å²) in [6.45, 7) is 1.99. The fourth-order valence-corrected chi connectivity index (χ4v) is 1.95. The SMILES string of the molecule is Cl.Cl.c1ccc(-n2cc3c(n2)CCNC3)cc1. The van der Waals surface area contributed by atoms with Gasteiger partial charge in [-0.3, -0.25) is 0 Å². The van der Waals surface area contributed by atoms with Crippen LogP contribution in [0.25, 0.3) is 5.69 Å². The summed E-state index contributed by atoms with van der Waals surface area (Å²) in [5.74, 6) is 0. The second kappa shape index (κ2) is 6.05. The number of fused-ring (bicyclic) bond motifs is 1. The molecule has 0 amide bonds. The lowest BCUT2D eigenvalue weighted by atomic mass is 10.1. The van der Waals surface area contributed by atoms with Crippen LogP contribution in [0.4, 0.5) is 0 Å². The molecule has 0 saturated heterocycles. The first-order chi connectivity index (χ1) is 7.43. The van der Waals surface area contributed by atoms with Crippen molar-refractivity contribution in [2.45, 2.75) is 13.0 Å². The van der Waals surface area contributed by atoms with Crippen molar-refractivity contribution in [3.63, 3.8) is 0 Å². The first-order valence-electron chi connectivity index (χ1n) is 5.27. The molecule has 1 N–H and O–H groups in total. The number of rotatable bonds is 1. The van der Waals surface area contributed by atoms with Gasteiger partial charge in [-0.2, -0.15) is 5.10 Å². The zero-order valence-electron chi connectivity index (χ0n) is 9.30. The van der Waals surface area contributed by atoms with Gasteiger partial charge in [0.05, 0.1) is 11.4 Å². The highest BCUT2D eigenvalue weighted by Crippen LogP contribution is 2.14. The Bertz CT molecular complexity index is 444. The highest BCUT2D eigenvalue weighted by Gasteiger charge is 2.12. The lowest BCUT2D eigenvalue weighted by Gasteiger charge is -2.09. The maximum atomic E-state index is 4.60. The van der Waals surface area contributed by atoms with Crippen molar-refractivity contribution in [3.05, 3.63) is 47.8 Å². The third-order valence-corrected chi connectivity index (χ3v) is 2.75. The van der Waals surface area contributed by atoms with E-state index in [4.69, 9.17) is 0 Å². The van der Waals surface area contributed by atoms with Crippen molar-refractivity contribution in [2.24, 2.45) is 0 Å². The van der Waals surface area contributed by atoms with E-state index in [1.807, 2.05) is 22.9 Å². The molecule has 0 atom stereocenters. The van der Waals surface area contributed by atoms with Gasteiger partial charge < -0.3 is 5.32 Å². The van der Waals surface area contributed by atoms with Crippen molar-refractivity contribution >= 4 is 24.8 Å². The number of nitrogens with zero attached hydrogens (tertiary/aromatic N) is 2. The van der Waals surface area contributed by atoms with Crippen LogP contribution in [0.2, 0.25) is 0 Å². The van der Waals surface area contributed by atoms with Crippen molar-refractivity contribution in [1.82, 2.24) is 15.1 Å². The molecule has 2 aromatic rings. The van der Waals surface area contributed by atoms with Crippen LogP contribution in [0.3, 0.4) is 0 Å². The summed E-state index contributed by atoms with van der Waals surface area (Å²) in [4.78, 5) is 0. The van der Waals surface area contributed by atoms with Crippen molar-refractivity contribution in [3.8, 4) is 5.69 Å². The first kappa shape index (κ1) is 14.0. The van der Waals surface area contributed by atoms with Crippen LogP contribution < -0.4 is 5.32 Å². The minimum atomic E-state index is 0. The predicted molar refractivity (Wildman–Crippen MR) is 73.5 cm³/mol. The van der Waals surface area contributed by atoms with Crippen LogP contribution in [0.1, 0.15) is 11.3 Å². The largest absolute Gasteiger partial charge is 0.312 e. The van der Waals surface area contributed by atoms with E-state index in [-0.39, 0.29) is 24.8 Å². The smallest absolute Gasteiger partial charge is 0.0686 e. The maximum Gasteiger partial charge on any atom is 0.0686 e. The molecule has 0 saturated carbocycles. The Morgan fingerprint density at radius 3 is 2.59 bits per heavy atom. The Balaban J connectivity index is 0.000000722. The molecule has 2 heterocycles. The molecule has 0 bridgehead atoms. The first-order valence-corrected chi connectivity index (χ1v) is 5.27. The van der Waals surface area contributed by atoms with Gasteiger partial charge in [-0.25, -0.2) is 4.68 Å². The summed E-state index contributed by atoms with van der Waals surface area (Å²) in [7, 11) is 0. The summed E-state index contributed by atoms with van der Waals surface area (Å²) < 4.78 is 1.97. The number of hydrogen-bond donors (Lipinski definition) is 1. The molecule has 3 nitrogen and oxygen atoms in total. The summed E-state index contributed by atoms with van der Waals surface area (Å²) >= 11 is 0. The lowest BCUT2D eigenvalue weighted by Crippen LogP contribution is -2.22. The van der Waals surface area contributed by atoms with Crippen molar-refractivity contribution in [1.29, 1.82) is 0 Å². The van der Waals surface area contributed by atoms with E-state index in [9.17, 15) is 0 Å². The van der Waals surface area contributed by atoms with E-state index < -0.39 is 0 Å². The van der Waals surface area contributed by atoms with E-state index in [0.717, 1.165) is 25.2 Å². The average molecular weight is 272 g/mol. The Hall–Kier alpha value is -1.03. The Kier molecular flexibility index (Phi) is 5.00. The zero-order valence-corrected chi connectivity index (χ0v) is 10.9. The molecule has 5 heteroatoms. The number of hydrogen-bond acceptors (Lipinski definition) is 2. The summed E-state index contributed by atoms with van der Waals surface area (Å²) in [6.07, 6.45) is 3.16. The summed E-state index contributed by atoms with van der Waals surface area (Å²) in [5, 5.41) is 7.95. The third kappa shape index (κ3) is 2.80. The van der Waals surface area contributed by atoms with Crippen LogP contribution in [0.5, 0.6) is 0 Å². The van der Waals surface area contributed by atoms with Crippen LogP contribution in [-0.4, -0.2) is 16.3 Å². The number of para-hydroxylation sites is 1. The molecule has 17 heavy (non-hydrogen) atoms. The molecule has 1 aliphatic rings. The van der Waals surface area contributed by atoms with E-state index in [1.165, 1.54) is 11.3 Å². The van der Waals surface area contributed by atoms with E-state index >= 15 is 0 Å². The molecule has 1 aliphatic heterocycles. The highest BCUT2D eigenvalue weighted by atomic mass is 35.5. The number of nitrogens with one attached hydrogen (secondary N) is 1. The number of aromatic nitrogens is 2. The summed E-state index contributed by atoms with van der Waals surface area (Å²) in [5.41, 5.74) is 3.69. The van der Waals surface area contributed by atoms with Gasteiger partial charge in [-0.15, -0.1) is 24.8 Å². The second-order valence-electron chi connectivity index (χ2n) is 3.81. The molecule has 0 radical (unpaired) electrons. The molecule has 0 aliphatic carbocycles. The third-order valence-electron chi connectivity index (χ3n) is 2.75. The Morgan fingerprint density at radius 2 is 1.88 bits per heavy atom. The number of benzene rings is 1. The molecule has 0 fully saturated rings. The van der Waals surface area contributed by atoms with Crippen LogP contribution in [0, 0.1) is 0 Å². The average Bonchev–Trinajstić information content (AvgIpc) is 2.74. The van der Waals surface area contributed by atoms with Gasteiger partial charge in [0.1, 0.15) is 0 Å². The molecule has 3 rings (SSSR count). The molecule has 0 spiro atoms. The van der Waals surface area contributed by atoms with Gasteiger partial charge in [-0.05, 0) is 12.1 Å². The second-order valence-corrected chi connectivity index (χ2v) is 3.81. The van der Waals surface area contributed by atoms with Crippen molar-refractivity contribution in [2.75, 3.05) is 6.54 Å². The number of halogens is 2. The lowest BCUT2D eigenvalue weighted by molar-refractivity contribution is 0.635. The molecule has 1 aromatic carbocycles. The summed E-state index contributed by atoms with van der Waals surface area (Å²) in [6, 6.07) is 10.2. The van der Waals surface area contributed by atoms with E-state index in [2.05, 4.69) is 28.7 Å². The van der Waals surface area contributed by atoms with Crippen molar-refractivity contribution < 1.29 is 0 Å². The minimum absolute atomic E-state index is 0. The van der Waals surface area contributed by atoms with Gasteiger partial charge in [0.25, 0.3) is 0 Å². The van der Waals surface area contributed by atoms with Gasteiger partial charge in [0.15, 0.2) is 0 Å². The highest BCUT2D eigenvalue weighted by molar-refractivity contribution is 5.85. The molecule has 92 valence electrons. The van der Waals surface area contributed by atoms with Crippen LogP contribution >= 0.6 is 24.8 Å². The zero-order chi connectivity index (χ0) is 10.1. The predicted octanol–water partition coefficient (Wildman–Crippen LogP) is 2.36. The molecule has 1 aromatic heterocycles. The Morgan fingerprint density at radius 1 is 1.12 bits per heavy atom. The maximum absolute atomic E-state index is 4.60. The van der Waals surface area contributed by atoms with Crippen LogP contribution in [0.15, 0.2) is 36.5 Å². The minimum Gasteiger partial charge on any atom is -0.312 e. The van der Waals surface area contributed by atoms with Gasteiger partial charge >= 0.3 is 0 Å². The normalized spacial score (nSPS) is 13.2. The fraction of sp³-hybridized carbons (Fsp3) is 0.250. The fourth-order valence-electron chi connectivity index (χ4n) is 1.95. The standard InChI is InChI=1S/C12H13N3.2ClH/c1-2-4-11(5-3-1)15-9-10-8-13-7-6-12(10)14-15;;/h1-5,9,13H,6-8H2;2*1H. The van der Waals surface area contributed by atoms with E-state index in [1.54, 1.807) is 0 Å². The monoisotopic (exact) mass is 271 g/mol. The van der Waals surface area contributed by atoms with Gasteiger partial charge in [0, 0.05) is 31.3 Å². The molecular formula is C12H15Cl2N3. The topological polar surface area (TPSA) is 29.9 Å². The van der Waals surface area contributed by atoms with E-state index in [0.29, 0.717) is 0 Å². The molecular weight excluding hydrogens is 257 g/mol. The van der Waals surface area contributed by atoms with Gasteiger partial charge in [-0.1, -0.05) is 18.2 Å².